The van der Waals surface area contributed by atoms with Crippen LogP contribution in [0.15, 0.2) is 17.5 Å². The Morgan fingerprint density at radius 2 is 2.54 bits per heavy atom. The standard InChI is InChI=1S/C8H9ClN2OS/c1-5(2)3-10-7(12)6-4-13-8(9)11-6/h4H,1,3H2,2H3,(H,10,12). The Labute approximate surface area is 85.4 Å². The molecule has 0 unspecified atom stereocenters. The molecule has 1 rings (SSSR count). The average Bonchev–Trinajstić information content (AvgIpc) is 2.47. The quantitative estimate of drug-likeness (QED) is 0.787. The van der Waals surface area contributed by atoms with E-state index in [1.54, 1.807) is 5.38 Å². The molecule has 0 fully saturated rings. The fraction of sp³-hybridized carbons (Fsp3) is 0.250. The van der Waals surface area contributed by atoms with Crippen molar-refractivity contribution in [1.82, 2.24) is 10.3 Å². The smallest absolute Gasteiger partial charge is 0.271 e. The number of aromatic nitrogens is 1. The second-order valence-electron chi connectivity index (χ2n) is 2.63. The third-order valence-electron chi connectivity index (χ3n) is 1.26. The maximum Gasteiger partial charge on any atom is 0.271 e. The molecule has 1 N–H and O–H groups in total. The molecule has 70 valence electrons. The summed E-state index contributed by atoms with van der Waals surface area (Å²) in [4.78, 5) is 15.1. The van der Waals surface area contributed by atoms with Gasteiger partial charge in [-0.3, -0.25) is 4.79 Å². The van der Waals surface area contributed by atoms with Crippen LogP contribution in [0.4, 0.5) is 0 Å². The Bertz CT molecular complexity index is 335. The van der Waals surface area contributed by atoms with Crippen LogP contribution in [0.25, 0.3) is 0 Å². The fourth-order valence-corrected chi connectivity index (χ4v) is 1.42. The molecule has 0 atom stereocenters. The number of nitrogens with zero attached hydrogens (tertiary/aromatic N) is 1. The van der Waals surface area contributed by atoms with Gasteiger partial charge in [-0.25, -0.2) is 4.98 Å². The van der Waals surface area contributed by atoms with Gasteiger partial charge in [-0.15, -0.1) is 11.3 Å². The first kappa shape index (κ1) is 10.2. The van der Waals surface area contributed by atoms with Gasteiger partial charge in [-0.1, -0.05) is 23.8 Å². The zero-order chi connectivity index (χ0) is 9.84. The SMILES string of the molecule is C=C(C)CNC(=O)c1csc(Cl)n1. The minimum atomic E-state index is -0.217. The molecule has 5 heteroatoms. The van der Waals surface area contributed by atoms with Crippen molar-refractivity contribution in [3.05, 3.63) is 27.7 Å². The molecule has 0 saturated carbocycles. The van der Waals surface area contributed by atoms with Gasteiger partial charge in [0.15, 0.2) is 4.47 Å². The van der Waals surface area contributed by atoms with E-state index in [0.29, 0.717) is 16.7 Å². The second kappa shape index (κ2) is 4.39. The van der Waals surface area contributed by atoms with Crippen molar-refractivity contribution in [2.24, 2.45) is 0 Å². The highest BCUT2D eigenvalue weighted by Gasteiger charge is 2.08. The first-order chi connectivity index (χ1) is 6.09. The molecule has 0 bridgehead atoms. The Hall–Kier alpha value is -0.870. The summed E-state index contributed by atoms with van der Waals surface area (Å²) in [7, 11) is 0. The number of hydrogen-bond donors (Lipinski definition) is 1. The summed E-state index contributed by atoms with van der Waals surface area (Å²) in [6.45, 7) is 5.98. The minimum Gasteiger partial charge on any atom is -0.347 e. The zero-order valence-electron chi connectivity index (χ0n) is 7.13. The summed E-state index contributed by atoms with van der Waals surface area (Å²) in [6.07, 6.45) is 0. The molecular weight excluding hydrogens is 208 g/mol. The van der Waals surface area contributed by atoms with Crippen molar-refractivity contribution in [2.75, 3.05) is 6.54 Å². The lowest BCUT2D eigenvalue weighted by molar-refractivity contribution is 0.0953. The van der Waals surface area contributed by atoms with Gasteiger partial charge in [0, 0.05) is 11.9 Å². The predicted octanol–water partition coefficient (Wildman–Crippen LogP) is 2.10. The van der Waals surface area contributed by atoms with Crippen LogP contribution in [-0.4, -0.2) is 17.4 Å². The fourth-order valence-electron chi connectivity index (χ4n) is 0.678. The van der Waals surface area contributed by atoms with Crippen LogP contribution in [0.1, 0.15) is 17.4 Å². The zero-order valence-corrected chi connectivity index (χ0v) is 8.71. The molecule has 1 aromatic heterocycles. The van der Waals surface area contributed by atoms with Crippen molar-refractivity contribution < 1.29 is 4.79 Å². The first-order valence-corrected chi connectivity index (χ1v) is 4.89. The number of rotatable bonds is 3. The summed E-state index contributed by atoms with van der Waals surface area (Å²) < 4.78 is 0.375. The summed E-state index contributed by atoms with van der Waals surface area (Å²) >= 11 is 6.82. The predicted molar refractivity (Wildman–Crippen MR) is 54.3 cm³/mol. The molecule has 13 heavy (non-hydrogen) atoms. The van der Waals surface area contributed by atoms with E-state index in [4.69, 9.17) is 11.6 Å². The highest BCUT2D eigenvalue weighted by Crippen LogP contribution is 2.14. The van der Waals surface area contributed by atoms with Crippen molar-refractivity contribution in [2.45, 2.75) is 6.92 Å². The summed E-state index contributed by atoms with van der Waals surface area (Å²) in [5.74, 6) is -0.217. The summed E-state index contributed by atoms with van der Waals surface area (Å²) in [5.41, 5.74) is 1.26. The van der Waals surface area contributed by atoms with E-state index in [1.807, 2.05) is 6.92 Å². The molecular formula is C8H9ClN2OS. The number of nitrogens with one attached hydrogen (secondary N) is 1. The van der Waals surface area contributed by atoms with Gasteiger partial charge in [0.05, 0.1) is 0 Å². The molecule has 0 radical (unpaired) electrons. The minimum absolute atomic E-state index is 0.217. The number of carbonyl (C=O) groups is 1. The highest BCUT2D eigenvalue weighted by atomic mass is 35.5. The summed E-state index contributed by atoms with van der Waals surface area (Å²) in [5, 5.41) is 4.28. The maximum atomic E-state index is 11.3. The van der Waals surface area contributed by atoms with Gasteiger partial charge in [0.2, 0.25) is 0 Å². The van der Waals surface area contributed by atoms with Gasteiger partial charge in [-0.2, -0.15) is 0 Å². The highest BCUT2D eigenvalue weighted by molar-refractivity contribution is 7.14. The lowest BCUT2D eigenvalue weighted by Gasteiger charge is -2.00. The van der Waals surface area contributed by atoms with Crippen molar-refractivity contribution in [1.29, 1.82) is 0 Å². The van der Waals surface area contributed by atoms with Crippen molar-refractivity contribution >= 4 is 28.8 Å². The Morgan fingerprint density at radius 1 is 1.85 bits per heavy atom. The molecule has 0 spiro atoms. The first-order valence-electron chi connectivity index (χ1n) is 3.63. The third-order valence-corrected chi connectivity index (χ3v) is 2.24. The van der Waals surface area contributed by atoms with Crippen molar-refractivity contribution in [3.8, 4) is 0 Å². The topological polar surface area (TPSA) is 42.0 Å². The number of amides is 1. The van der Waals surface area contributed by atoms with Gasteiger partial charge < -0.3 is 5.32 Å². The molecule has 0 aliphatic carbocycles. The van der Waals surface area contributed by atoms with E-state index in [9.17, 15) is 4.79 Å². The normalized spacial score (nSPS) is 9.69. The van der Waals surface area contributed by atoms with Crippen LogP contribution in [0.3, 0.4) is 0 Å². The van der Waals surface area contributed by atoms with E-state index in [2.05, 4.69) is 16.9 Å². The monoisotopic (exact) mass is 216 g/mol. The van der Waals surface area contributed by atoms with Gasteiger partial charge in [0.1, 0.15) is 5.69 Å². The Morgan fingerprint density at radius 3 is 3.00 bits per heavy atom. The van der Waals surface area contributed by atoms with Crippen LogP contribution in [0.5, 0.6) is 0 Å². The van der Waals surface area contributed by atoms with E-state index in [-0.39, 0.29) is 5.91 Å². The lowest BCUT2D eigenvalue weighted by atomic mass is 10.3. The molecule has 0 saturated heterocycles. The molecule has 3 nitrogen and oxygen atoms in total. The molecule has 0 aliphatic heterocycles. The van der Waals surface area contributed by atoms with E-state index in [1.165, 1.54) is 11.3 Å². The van der Waals surface area contributed by atoms with E-state index >= 15 is 0 Å². The van der Waals surface area contributed by atoms with E-state index < -0.39 is 0 Å². The van der Waals surface area contributed by atoms with E-state index in [0.717, 1.165) is 5.57 Å². The largest absolute Gasteiger partial charge is 0.347 e. The number of halogens is 1. The number of hydrogen-bond acceptors (Lipinski definition) is 3. The van der Waals surface area contributed by atoms with Gasteiger partial charge in [0.25, 0.3) is 5.91 Å². The lowest BCUT2D eigenvalue weighted by Crippen LogP contribution is -2.25. The van der Waals surface area contributed by atoms with Crippen LogP contribution in [0.2, 0.25) is 4.47 Å². The molecule has 1 amide bonds. The maximum absolute atomic E-state index is 11.3. The third kappa shape index (κ3) is 3.16. The Balaban J connectivity index is 2.54. The van der Waals surface area contributed by atoms with Crippen molar-refractivity contribution in [3.63, 3.8) is 0 Å². The van der Waals surface area contributed by atoms with Crippen LogP contribution < -0.4 is 5.32 Å². The van der Waals surface area contributed by atoms with Gasteiger partial charge in [-0.05, 0) is 6.92 Å². The van der Waals surface area contributed by atoms with Gasteiger partial charge >= 0.3 is 0 Å². The summed E-state index contributed by atoms with van der Waals surface area (Å²) in [6, 6.07) is 0. The molecule has 1 heterocycles. The second-order valence-corrected chi connectivity index (χ2v) is 4.07. The number of carbonyl (C=O) groups excluding carboxylic acids is 1. The molecule has 0 aromatic carbocycles. The van der Waals surface area contributed by atoms with Crippen LogP contribution in [0, 0.1) is 0 Å². The Kier molecular flexibility index (Phi) is 3.45. The average molecular weight is 217 g/mol. The number of thiazole rings is 1. The van der Waals surface area contributed by atoms with Crippen LogP contribution in [-0.2, 0) is 0 Å². The molecule has 1 aromatic rings. The molecule has 0 aliphatic rings. The van der Waals surface area contributed by atoms with Crippen LogP contribution >= 0.6 is 22.9 Å².